The summed E-state index contributed by atoms with van der Waals surface area (Å²) in [4.78, 5) is 13.4. The van der Waals surface area contributed by atoms with E-state index >= 15 is 0 Å². The molecule has 2 atom stereocenters. The number of hydrogen-bond acceptors (Lipinski definition) is 4. The van der Waals surface area contributed by atoms with Crippen LogP contribution in [0.25, 0.3) is 0 Å². The summed E-state index contributed by atoms with van der Waals surface area (Å²) >= 11 is 0. The smallest absolute Gasteiger partial charge is 0.410 e. The third-order valence-corrected chi connectivity index (χ3v) is 3.49. The molecule has 0 aromatic heterocycles. The Morgan fingerprint density at radius 3 is 2.79 bits per heavy atom. The Kier molecular flexibility index (Phi) is 4.07. The molecule has 1 heterocycles. The van der Waals surface area contributed by atoms with Crippen LogP contribution in [0.2, 0.25) is 0 Å². The van der Waals surface area contributed by atoms with Gasteiger partial charge in [-0.2, -0.15) is 0 Å². The first-order chi connectivity index (χ1) is 9.05. The van der Waals surface area contributed by atoms with E-state index < -0.39 is 17.7 Å². The predicted molar refractivity (Wildman–Crippen MR) is 69.4 cm³/mol. The van der Waals surface area contributed by atoms with Gasteiger partial charge in [0.1, 0.15) is 6.61 Å². The Bertz CT molecular complexity index is 436. The fourth-order valence-corrected chi connectivity index (χ4v) is 2.36. The van der Waals surface area contributed by atoms with Crippen molar-refractivity contribution in [2.75, 3.05) is 13.2 Å². The molecule has 0 saturated carbocycles. The fraction of sp³-hybridized carbons (Fsp3) is 0.500. The van der Waals surface area contributed by atoms with Gasteiger partial charge in [0.2, 0.25) is 0 Å². The maximum atomic E-state index is 12.0. The van der Waals surface area contributed by atoms with Gasteiger partial charge in [-0.1, -0.05) is 30.3 Å². The minimum atomic E-state index is -0.743. The maximum Gasteiger partial charge on any atom is 0.410 e. The highest BCUT2D eigenvalue weighted by Gasteiger charge is 2.44. The number of β-amino-alcohol motifs (C(OH)–C–C–N with tert-alkyl or cyclic N) is 1. The van der Waals surface area contributed by atoms with Crippen LogP contribution in [0.15, 0.2) is 30.3 Å². The number of nitrogens with zero attached hydrogens (tertiary/aromatic N) is 1. The molecular weight excluding hydrogens is 246 g/mol. The van der Waals surface area contributed by atoms with Crippen LogP contribution >= 0.6 is 0 Å². The number of carbonyl (C=O) groups is 1. The molecule has 1 aliphatic heterocycles. The van der Waals surface area contributed by atoms with Gasteiger partial charge < -0.3 is 14.9 Å². The molecule has 1 aromatic rings. The number of benzene rings is 1. The maximum absolute atomic E-state index is 12.0. The minimum Gasteiger partial charge on any atom is -0.445 e. The van der Waals surface area contributed by atoms with E-state index in [0.717, 1.165) is 5.56 Å². The standard InChI is InChI=1S/C14H19NO4/c1-14(10-16)7-12(17)8-15(14)13(18)19-9-11-5-3-2-4-6-11/h2-6,12,16-17H,7-10H2,1H3. The summed E-state index contributed by atoms with van der Waals surface area (Å²) in [6.07, 6.45) is -0.748. The quantitative estimate of drug-likeness (QED) is 0.860. The van der Waals surface area contributed by atoms with Gasteiger partial charge in [0, 0.05) is 6.42 Å². The average molecular weight is 265 g/mol. The second-order valence-corrected chi connectivity index (χ2v) is 5.16. The third kappa shape index (κ3) is 3.05. The molecule has 1 amide bonds. The molecule has 0 aliphatic carbocycles. The van der Waals surface area contributed by atoms with Crippen molar-refractivity contribution in [1.82, 2.24) is 4.90 Å². The predicted octanol–water partition coefficient (Wildman–Crippen LogP) is 1.14. The van der Waals surface area contributed by atoms with Crippen molar-refractivity contribution >= 4 is 6.09 Å². The molecule has 104 valence electrons. The summed E-state index contributed by atoms with van der Waals surface area (Å²) in [5.41, 5.74) is 0.161. The average Bonchev–Trinajstić information content (AvgIpc) is 2.73. The van der Waals surface area contributed by atoms with Gasteiger partial charge in [-0.3, -0.25) is 4.90 Å². The molecule has 1 aliphatic rings. The van der Waals surface area contributed by atoms with Crippen molar-refractivity contribution in [3.63, 3.8) is 0 Å². The second kappa shape index (κ2) is 5.59. The van der Waals surface area contributed by atoms with E-state index in [-0.39, 0.29) is 19.8 Å². The zero-order valence-electron chi connectivity index (χ0n) is 11.0. The number of ether oxygens (including phenoxy) is 1. The van der Waals surface area contributed by atoms with Crippen LogP contribution < -0.4 is 0 Å². The first-order valence-corrected chi connectivity index (χ1v) is 6.32. The van der Waals surface area contributed by atoms with Crippen molar-refractivity contribution in [2.45, 2.75) is 31.6 Å². The second-order valence-electron chi connectivity index (χ2n) is 5.16. The van der Waals surface area contributed by atoms with Crippen LogP contribution in [0, 0.1) is 0 Å². The van der Waals surface area contributed by atoms with Crippen molar-refractivity contribution in [3.8, 4) is 0 Å². The number of hydrogen-bond donors (Lipinski definition) is 2. The van der Waals surface area contributed by atoms with Crippen LogP contribution in [0.5, 0.6) is 0 Å². The summed E-state index contributed by atoms with van der Waals surface area (Å²) in [5, 5.41) is 19.0. The van der Waals surface area contributed by atoms with Crippen LogP contribution in [0.1, 0.15) is 18.9 Å². The molecule has 0 bridgehead atoms. The molecule has 0 radical (unpaired) electrons. The molecule has 19 heavy (non-hydrogen) atoms. The van der Waals surface area contributed by atoms with Gasteiger partial charge in [0.05, 0.1) is 24.8 Å². The fourth-order valence-electron chi connectivity index (χ4n) is 2.36. The van der Waals surface area contributed by atoms with Crippen LogP contribution in [-0.2, 0) is 11.3 Å². The van der Waals surface area contributed by atoms with Gasteiger partial charge in [-0.15, -0.1) is 0 Å². The van der Waals surface area contributed by atoms with Crippen molar-refractivity contribution < 1.29 is 19.7 Å². The molecule has 1 aromatic carbocycles. The van der Waals surface area contributed by atoms with Gasteiger partial charge in [-0.05, 0) is 12.5 Å². The van der Waals surface area contributed by atoms with E-state index in [1.807, 2.05) is 30.3 Å². The summed E-state index contributed by atoms with van der Waals surface area (Å²) < 4.78 is 5.22. The van der Waals surface area contributed by atoms with Crippen LogP contribution in [-0.4, -0.2) is 46.0 Å². The molecule has 5 nitrogen and oxygen atoms in total. The monoisotopic (exact) mass is 265 g/mol. The van der Waals surface area contributed by atoms with Crippen molar-refractivity contribution in [3.05, 3.63) is 35.9 Å². The summed E-state index contributed by atoms with van der Waals surface area (Å²) in [6, 6.07) is 9.39. The molecule has 2 unspecified atom stereocenters. The van der Waals surface area contributed by atoms with Gasteiger partial charge >= 0.3 is 6.09 Å². The van der Waals surface area contributed by atoms with Gasteiger partial charge in [0.15, 0.2) is 0 Å². The largest absolute Gasteiger partial charge is 0.445 e. The van der Waals surface area contributed by atoms with E-state index in [2.05, 4.69) is 0 Å². The number of carbonyl (C=O) groups excluding carboxylic acids is 1. The lowest BCUT2D eigenvalue weighted by Crippen LogP contribution is -2.47. The minimum absolute atomic E-state index is 0.188. The highest BCUT2D eigenvalue weighted by Crippen LogP contribution is 2.29. The molecule has 0 spiro atoms. The highest BCUT2D eigenvalue weighted by molar-refractivity contribution is 5.69. The summed E-state index contributed by atoms with van der Waals surface area (Å²) in [7, 11) is 0. The number of rotatable bonds is 3. The molecule has 1 saturated heterocycles. The SMILES string of the molecule is CC1(CO)CC(O)CN1C(=O)OCc1ccccc1. The third-order valence-electron chi connectivity index (χ3n) is 3.49. The first kappa shape index (κ1) is 13.8. The Balaban J connectivity index is 1.96. The van der Waals surface area contributed by atoms with E-state index in [0.29, 0.717) is 6.42 Å². The van der Waals surface area contributed by atoms with E-state index in [1.54, 1.807) is 6.92 Å². The molecular formula is C14H19NO4. The Morgan fingerprint density at radius 2 is 2.16 bits per heavy atom. The Labute approximate surface area is 112 Å². The van der Waals surface area contributed by atoms with Crippen molar-refractivity contribution in [1.29, 1.82) is 0 Å². The number of aliphatic hydroxyl groups excluding tert-OH is 2. The number of aliphatic hydroxyl groups is 2. The number of amides is 1. The lowest BCUT2D eigenvalue weighted by molar-refractivity contribution is 0.0454. The summed E-state index contributed by atoms with van der Waals surface area (Å²) in [5.74, 6) is 0. The van der Waals surface area contributed by atoms with Crippen molar-refractivity contribution in [2.24, 2.45) is 0 Å². The lowest BCUT2D eigenvalue weighted by atomic mass is 10.00. The van der Waals surface area contributed by atoms with E-state index in [1.165, 1.54) is 4.90 Å². The lowest BCUT2D eigenvalue weighted by Gasteiger charge is -2.32. The molecule has 5 heteroatoms. The topological polar surface area (TPSA) is 70.0 Å². The summed E-state index contributed by atoms with van der Waals surface area (Å²) in [6.45, 7) is 1.94. The Hall–Kier alpha value is -1.59. The van der Waals surface area contributed by atoms with Gasteiger partial charge in [0.25, 0.3) is 0 Å². The van der Waals surface area contributed by atoms with E-state index in [9.17, 15) is 15.0 Å². The first-order valence-electron chi connectivity index (χ1n) is 6.32. The molecule has 1 fully saturated rings. The number of likely N-dealkylation sites (tertiary alicyclic amines) is 1. The zero-order chi connectivity index (χ0) is 13.9. The zero-order valence-corrected chi connectivity index (χ0v) is 11.0. The van der Waals surface area contributed by atoms with Crippen LogP contribution in [0.3, 0.4) is 0 Å². The molecule has 2 N–H and O–H groups in total. The normalized spacial score (nSPS) is 26.5. The van der Waals surface area contributed by atoms with E-state index in [4.69, 9.17) is 4.74 Å². The molecule has 2 rings (SSSR count). The van der Waals surface area contributed by atoms with Gasteiger partial charge in [-0.25, -0.2) is 4.79 Å². The van der Waals surface area contributed by atoms with Crippen LogP contribution in [0.4, 0.5) is 4.79 Å². The highest BCUT2D eigenvalue weighted by atomic mass is 16.6. The Morgan fingerprint density at radius 1 is 1.47 bits per heavy atom.